The predicted molar refractivity (Wildman–Crippen MR) is 80.2 cm³/mol. The Balaban J connectivity index is 2.19. The molecule has 0 amide bonds. The van der Waals surface area contributed by atoms with E-state index in [4.69, 9.17) is 5.73 Å². The maximum absolute atomic E-state index is 6.27. The largest absolute Gasteiger partial charge is 0.326 e. The van der Waals surface area contributed by atoms with Crippen LogP contribution in [0.4, 0.5) is 0 Å². The molecular formula is C13H17NS3. The molecule has 2 aromatic heterocycles. The van der Waals surface area contributed by atoms with E-state index >= 15 is 0 Å². The van der Waals surface area contributed by atoms with Gasteiger partial charge in [-0.25, -0.2) is 0 Å². The van der Waals surface area contributed by atoms with Gasteiger partial charge in [0, 0.05) is 15.8 Å². The molecular weight excluding hydrogens is 266 g/mol. The molecule has 17 heavy (non-hydrogen) atoms. The van der Waals surface area contributed by atoms with Gasteiger partial charge in [0.1, 0.15) is 0 Å². The number of nitrogens with two attached hydrogens (primary N) is 1. The third kappa shape index (κ3) is 3.35. The average molecular weight is 283 g/mol. The first kappa shape index (κ1) is 13.1. The third-order valence-electron chi connectivity index (χ3n) is 2.64. The van der Waals surface area contributed by atoms with Crippen molar-refractivity contribution in [2.75, 3.05) is 0 Å². The summed E-state index contributed by atoms with van der Waals surface area (Å²) >= 11 is 5.56. The molecule has 0 aliphatic rings. The Morgan fingerprint density at radius 1 is 1.35 bits per heavy atom. The van der Waals surface area contributed by atoms with Crippen LogP contribution >= 0.6 is 34.4 Å². The summed E-state index contributed by atoms with van der Waals surface area (Å²) in [6.45, 7) is 4.31. The molecule has 0 saturated carbocycles. The molecule has 4 heteroatoms. The Morgan fingerprint density at radius 3 is 2.71 bits per heavy atom. The fraction of sp³-hybridized carbons (Fsp3) is 0.385. The van der Waals surface area contributed by atoms with Crippen molar-refractivity contribution in [1.82, 2.24) is 0 Å². The summed E-state index contributed by atoms with van der Waals surface area (Å²) < 4.78 is 1.35. The standard InChI is InChI=1S/C13H17NS3/c1-3-10(14)13(11-7-6-9(2)16-11)17-12-5-4-8-15-12/h4-8,10,13H,3,14H2,1-2H3. The fourth-order valence-corrected chi connectivity index (χ4v) is 4.97. The molecule has 0 bridgehead atoms. The van der Waals surface area contributed by atoms with Gasteiger partial charge < -0.3 is 5.73 Å². The minimum Gasteiger partial charge on any atom is -0.326 e. The van der Waals surface area contributed by atoms with E-state index in [9.17, 15) is 0 Å². The molecule has 2 atom stereocenters. The number of hydrogen-bond acceptors (Lipinski definition) is 4. The van der Waals surface area contributed by atoms with E-state index in [1.165, 1.54) is 14.0 Å². The minimum absolute atomic E-state index is 0.222. The van der Waals surface area contributed by atoms with Crippen LogP contribution in [0.1, 0.15) is 28.3 Å². The van der Waals surface area contributed by atoms with E-state index in [0.717, 1.165) is 6.42 Å². The topological polar surface area (TPSA) is 26.0 Å². The van der Waals surface area contributed by atoms with Gasteiger partial charge in [0.2, 0.25) is 0 Å². The van der Waals surface area contributed by atoms with Crippen molar-refractivity contribution in [3.8, 4) is 0 Å². The van der Waals surface area contributed by atoms with Crippen molar-refractivity contribution in [3.05, 3.63) is 39.4 Å². The highest BCUT2D eigenvalue weighted by Gasteiger charge is 2.21. The number of thioether (sulfide) groups is 1. The van der Waals surface area contributed by atoms with E-state index in [0.29, 0.717) is 5.25 Å². The number of aryl methyl sites for hydroxylation is 1. The summed E-state index contributed by atoms with van der Waals surface area (Å²) in [6.07, 6.45) is 1.01. The van der Waals surface area contributed by atoms with Crippen LogP contribution in [-0.4, -0.2) is 6.04 Å². The molecule has 0 fully saturated rings. The first-order chi connectivity index (χ1) is 8.20. The van der Waals surface area contributed by atoms with Crippen molar-refractivity contribution in [2.45, 2.75) is 35.8 Å². The Hall–Kier alpha value is -0.290. The van der Waals surface area contributed by atoms with Crippen molar-refractivity contribution in [1.29, 1.82) is 0 Å². The predicted octanol–water partition coefficient (Wildman–Crippen LogP) is 4.69. The van der Waals surface area contributed by atoms with Gasteiger partial charge in [0.15, 0.2) is 0 Å². The van der Waals surface area contributed by atoms with Gasteiger partial charge in [-0.05, 0) is 36.9 Å². The quantitative estimate of drug-likeness (QED) is 0.806. The van der Waals surface area contributed by atoms with Gasteiger partial charge in [-0.2, -0.15) is 0 Å². The minimum atomic E-state index is 0.222. The van der Waals surface area contributed by atoms with Crippen LogP contribution in [0, 0.1) is 6.92 Å². The Labute approximate surface area is 115 Å². The van der Waals surface area contributed by atoms with E-state index in [1.54, 1.807) is 11.3 Å². The highest BCUT2D eigenvalue weighted by atomic mass is 32.2. The molecule has 1 nitrogen and oxygen atoms in total. The van der Waals surface area contributed by atoms with Crippen molar-refractivity contribution < 1.29 is 0 Å². The van der Waals surface area contributed by atoms with E-state index < -0.39 is 0 Å². The summed E-state index contributed by atoms with van der Waals surface area (Å²) in [5.41, 5.74) is 6.27. The highest BCUT2D eigenvalue weighted by molar-refractivity contribution is 8.01. The van der Waals surface area contributed by atoms with Gasteiger partial charge in [-0.3, -0.25) is 0 Å². The molecule has 0 aromatic carbocycles. The molecule has 2 unspecified atom stereocenters. The molecule has 0 spiro atoms. The monoisotopic (exact) mass is 283 g/mol. The fourth-order valence-electron chi connectivity index (χ4n) is 1.63. The Bertz CT molecular complexity index is 447. The molecule has 0 aliphatic heterocycles. The lowest BCUT2D eigenvalue weighted by Gasteiger charge is -2.20. The van der Waals surface area contributed by atoms with Gasteiger partial charge in [-0.15, -0.1) is 34.4 Å². The summed E-state index contributed by atoms with van der Waals surface area (Å²) in [5.74, 6) is 0. The lowest BCUT2D eigenvalue weighted by Crippen LogP contribution is -2.24. The van der Waals surface area contributed by atoms with Crippen molar-refractivity contribution in [2.24, 2.45) is 5.73 Å². The zero-order valence-corrected chi connectivity index (χ0v) is 12.5. The second-order valence-corrected chi connectivity index (χ2v) is 7.70. The summed E-state index contributed by atoms with van der Waals surface area (Å²) in [6, 6.07) is 8.90. The summed E-state index contributed by atoms with van der Waals surface area (Å²) in [4.78, 5) is 2.76. The molecule has 0 aliphatic carbocycles. The second kappa shape index (κ2) is 6.05. The number of rotatable bonds is 5. The van der Waals surface area contributed by atoms with E-state index in [2.05, 4.69) is 43.5 Å². The average Bonchev–Trinajstić information content (AvgIpc) is 2.96. The van der Waals surface area contributed by atoms with E-state index in [1.807, 2.05) is 23.1 Å². The van der Waals surface area contributed by atoms with Crippen molar-refractivity contribution >= 4 is 34.4 Å². The lowest BCUT2D eigenvalue weighted by molar-refractivity contribution is 0.640. The number of thiophene rings is 2. The van der Waals surface area contributed by atoms with Crippen molar-refractivity contribution in [3.63, 3.8) is 0 Å². The molecule has 2 N–H and O–H groups in total. The Kier molecular flexibility index (Phi) is 4.68. The second-order valence-electron chi connectivity index (χ2n) is 3.99. The summed E-state index contributed by atoms with van der Waals surface area (Å²) in [5, 5.41) is 2.51. The van der Waals surface area contributed by atoms with Crippen LogP contribution < -0.4 is 5.73 Å². The van der Waals surface area contributed by atoms with Crippen LogP contribution in [0.5, 0.6) is 0 Å². The first-order valence-corrected chi connectivity index (χ1v) is 8.30. The first-order valence-electron chi connectivity index (χ1n) is 5.72. The number of hydrogen-bond donors (Lipinski definition) is 1. The van der Waals surface area contributed by atoms with E-state index in [-0.39, 0.29) is 6.04 Å². The van der Waals surface area contributed by atoms with Crippen LogP contribution in [0.2, 0.25) is 0 Å². The van der Waals surface area contributed by atoms with Crippen LogP contribution in [0.25, 0.3) is 0 Å². The maximum atomic E-state index is 6.27. The third-order valence-corrected chi connectivity index (χ3v) is 6.34. The molecule has 0 radical (unpaired) electrons. The SMILES string of the molecule is CCC(N)C(Sc1cccs1)c1ccc(C)s1. The van der Waals surface area contributed by atoms with Gasteiger partial charge in [0.25, 0.3) is 0 Å². The normalized spacial score (nSPS) is 14.8. The summed E-state index contributed by atoms with van der Waals surface area (Å²) in [7, 11) is 0. The molecule has 92 valence electrons. The highest BCUT2D eigenvalue weighted by Crippen LogP contribution is 2.42. The molecule has 0 saturated heterocycles. The van der Waals surface area contributed by atoms with Crippen LogP contribution in [-0.2, 0) is 0 Å². The van der Waals surface area contributed by atoms with Crippen LogP contribution in [0.3, 0.4) is 0 Å². The van der Waals surface area contributed by atoms with Crippen LogP contribution in [0.15, 0.2) is 33.9 Å². The molecule has 2 rings (SSSR count). The van der Waals surface area contributed by atoms with Gasteiger partial charge in [-0.1, -0.05) is 13.0 Å². The maximum Gasteiger partial charge on any atom is 0.0605 e. The van der Waals surface area contributed by atoms with Gasteiger partial charge in [0.05, 0.1) is 9.46 Å². The molecule has 2 heterocycles. The van der Waals surface area contributed by atoms with Gasteiger partial charge >= 0.3 is 0 Å². The zero-order valence-electron chi connectivity index (χ0n) is 10.1. The Morgan fingerprint density at radius 2 is 2.18 bits per heavy atom. The lowest BCUT2D eigenvalue weighted by atomic mass is 10.1. The zero-order chi connectivity index (χ0) is 12.3. The smallest absolute Gasteiger partial charge is 0.0605 e. The molecule has 2 aromatic rings.